The number of amides is 4. The van der Waals surface area contributed by atoms with Crippen molar-refractivity contribution in [3.8, 4) is 28.6 Å². The SMILES string of the molecule is CC[C@@]1(OC(=O)OCc2ccc(O[C@H]3OC(C(=O)O)[C@@H](O)C(O)C3O)c(NC(=O)CN(C)C(=O)CCN3C(=O)C=CC3=O)c2)C(=O)OCc2c1cc1n(c2=O)Cc2c-1nc1cc3c(cc1c2C1CC1)OCO3. The zero-order valence-electron chi connectivity index (χ0n) is 38.4. The Kier molecular flexibility index (Phi) is 12.2. The Morgan fingerprint density at radius 3 is 2.38 bits per heavy atom. The second-order valence-corrected chi connectivity index (χ2v) is 18.0. The number of carbonyl (C=O) groups excluding carboxylic acids is 6. The topological polar surface area (TPSA) is 318 Å². The molecule has 6 atom stereocenters. The third kappa shape index (κ3) is 8.39. The molecule has 5 aliphatic heterocycles. The number of fused-ring (bicyclic) bond motifs is 6. The quantitative estimate of drug-likeness (QED) is 0.0766. The average Bonchev–Trinajstić information content (AvgIpc) is 3.84. The molecule has 2 aromatic heterocycles. The first kappa shape index (κ1) is 47.7. The van der Waals surface area contributed by atoms with Gasteiger partial charge in [-0.15, -0.1) is 0 Å². The van der Waals surface area contributed by atoms with Crippen molar-refractivity contribution in [2.24, 2.45) is 0 Å². The summed E-state index contributed by atoms with van der Waals surface area (Å²) in [5.74, 6) is -4.18. The zero-order valence-corrected chi connectivity index (χ0v) is 38.4. The molecule has 4 aromatic rings. The molecule has 0 radical (unpaired) electrons. The molecule has 5 N–H and O–H groups in total. The predicted molar refractivity (Wildman–Crippen MR) is 240 cm³/mol. The third-order valence-corrected chi connectivity index (χ3v) is 13.4. The Labute approximate surface area is 406 Å². The van der Waals surface area contributed by atoms with Crippen LogP contribution in [0.2, 0.25) is 0 Å². The van der Waals surface area contributed by atoms with Gasteiger partial charge in [0, 0.05) is 54.7 Å². The van der Waals surface area contributed by atoms with Gasteiger partial charge in [0.1, 0.15) is 37.3 Å². The van der Waals surface area contributed by atoms with Gasteiger partial charge in [-0.2, -0.15) is 0 Å². The van der Waals surface area contributed by atoms with E-state index in [0.717, 1.165) is 51.3 Å². The summed E-state index contributed by atoms with van der Waals surface area (Å²) in [5.41, 5.74) is 1.03. The largest absolute Gasteiger partial charge is 0.510 e. The Balaban J connectivity index is 0.893. The Bertz CT molecular complexity index is 3090. The number of anilines is 1. The van der Waals surface area contributed by atoms with E-state index in [1.807, 2.05) is 6.07 Å². The minimum absolute atomic E-state index is 0.0748. The number of carboxylic acids is 1. The highest BCUT2D eigenvalue weighted by molar-refractivity contribution is 6.13. The maximum atomic E-state index is 14.4. The normalized spacial score (nSPS) is 23.5. The van der Waals surface area contributed by atoms with Crippen LogP contribution in [0.15, 0.2) is 53.3 Å². The first-order valence-electron chi connectivity index (χ1n) is 22.8. The molecule has 4 amide bonds. The number of aliphatic hydroxyl groups excluding tert-OH is 3. The molecule has 2 fully saturated rings. The van der Waals surface area contributed by atoms with Gasteiger partial charge in [-0.05, 0) is 60.6 Å². The summed E-state index contributed by atoms with van der Waals surface area (Å²) in [6.07, 6.45) is -7.85. The molecule has 0 bridgehead atoms. The average molecular weight is 996 g/mol. The zero-order chi connectivity index (χ0) is 50.9. The number of esters is 1. The van der Waals surface area contributed by atoms with Crippen molar-refractivity contribution >= 4 is 58.3 Å². The summed E-state index contributed by atoms with van der Waals surface area (Å²) in [5, 5.41) is 44.3. The standard InChI is InChI=1S/C48H45N5O19/c1-3-48(26-14-29-38-24(16-53(29)43(61)25(26)19-66-46(48)64)37(22-5-6-22)23-13-31-32(69-20-68-31)15-27(23)50-38)72-47(65)67-18-21-4-7-30(70-45-41(60)39(58)40(59)42(71-45)44(62)63)28(12-21)49-33(54)17-51(2)34(55)10-11-52-35(56)8-9-36(52)57/h4,7-9,12-15,22,39-42,45,58-60H,3,5-6,10-11,16-20H2,1-2H3,(H,49,54)(H,62,63)/t39?,40-,41?,42?,45-,48-/m0/s1. The van der Waals surface area contributed by atoms with Crippen LogP contribution in [0.4, 0.5) is 10.5 Å². The van der Waals surface area contributed by atoms with Gasteiger partial charge in [-0.1, -0.05) is 13.0 Å². The number of cyclic esters (lactones) is 1. The third-order valence-electron chi connectivity index (χ3n) is 13.4. The molecular formula is C48H45N5O19. The van der Waals surface area contributed by atoms with Gasteiger partial charge >= 0.3 is 18.1 Å². The van der Waals surface area contributed by atoms with Gasteiger partial charge in [0.25, 0.3) is 17.4 Å². The number of hydrogen-bond acceptors (Lipinski definition) is 19. The van der Waals surface area contributed by atoms with Crippen molar-refractivity contribution in [1.29, 1.82) is 0 Å². The number of imide groups is 1. The molecule has 1 aliphatic carbocycles. The Morgan fingerprint density at radius 2 is 1.67 bits per heavy atom. The summed E-state index contributed by atoms with van der Waals surface area (Å²) in [4.78, 5) is 111. The van der Waals surface area contributed by atoms with Crippen molar-refractivity contribution in [3.05, 3.63) is 86.7 Å². The van der Waals surface area contributed by atoms with E-state index in [2.05, 4.69) is 5.32 Å². The number of likely N-dealkylation sites (N-methyl/N-ethyl adjacent to an activating group) is 1. The highest BCUT2D eigenvalue weighted by atomic mass is 16.7. The second-order valence-electron chi connectivity index (χ2n) is 18.0. The maximum Gasteiger partial charge on any atom is 0.510 e. The number of benzene rings is 2. The first-order chi connectivity index (χ1) is 34.5. The number of rotatable bonds is 14. The van der Waals surface area contributed by atoms with Crippen LogP contribution in [0.5, 0.6) is 17.2 Å². The van der Waals surface area contributed by atoms with Crippen LogP contribution in [0.1, 0.15) is 66.3 Å². The summed E-state index contributed by atoms with van der Waals surface area (Å²) in [7, 11) is 1.29. The lowest BCUT2D eigenvalue weighted by Gasteiger charge is -2.38. The molecule has 6 aliphatic rings. The molecule has 1 saturated carbocycles. The molecule has 1 saturated heterocycles. The molecule has 10 rings (SSSR count). The van der Waals surface area contributed by atoms with E-state index in [9.17, 15) is 58.8 Å². The maximum absolute atomic E-state index is 14.4. The number of aromatic nitrogens is 2. The van der Waals surface area contributed by atoms with E-state index in [-0.39, 0.29) is 73.4 Å². The molecule has 24 heteroatoms. The smallest absolute Gasteiger partial charge is 0.479 e. The second kappa shape index (κ2) is 18.4. The van der Waals surface area contributed by atoms with Gasteiger partial charge in [-0.25, -0.2) is 19.4 Å². The minimum Gasteiger partial charge on any atom is -0.479 e. The summed E-state index contributed by atoms with van der Waals surface area (Å²) in [6.45, 7) is 0.0504. The van der Waals surface area contributed by atoms with Gasteiger partial charge < -0.3 is 68.4 Å². The number of hydrogen-bond donors (Lipinski definition) is 5. The van der Waals surface area contributed by atoms with E-state index >= 15 is 0 Å². The molecule has 72 heavy (non-hydrogen) atoms. The lowest BCUT2D eigenvalue weighted by atomic mass is 9.85. The van der Waals surface area contributed by atoms with Crippen molar-refractivity contribution in [3.63, 3.8) is 0 Å². The molecule has 2 aromatic carbocycles. The van der Waals surface area contributed by atoms with Gasteiger partial charge in [-0.3, -0.25) is 28.9 Å². The number of pyridine rings is 2. The molecule has 3 unspecified atom stereocenters. The predicted octanol–water partition coefficient (Wildman–Crippen LogP) is 1.03. The molecular weight excluding hydrogens is 951 g/mol. The monoisotopic (exact) mass is 995 g/mol. The summed E-state index contributed by atoms with van der Waals surface area (Å²) in [6, 6.07) is 9.12. The summed E-state index contributed by atoms with van der Waals surface area (Å²) >= 11 is 0. The Hall–Kier alpha value is -7.93. The van der Waals surface area contributed by atoms with Crippen molar-refractivity contribution in [2.45, 2.75) is 94.6 Å². The van der Waals surface area contributed by atoms with E-state index in [0.29, 0.717) is 28.4 Å². The number of carboxylic acid groups (broad SMARTS) is 1. The van der Waals surface area contributed by atoms with Crippen LogP contribution in [0.25, 0.3) is 22.3 Å². The van der Waals surface area contributed by atoms with Gasteiger partial charge in [0.15, 0.2) is 17.6 Å². The number of ether oxygens (including phenoxy) is 7. The van der Waals surface area contributed by atoms with E-state index in [1.54, 1.807) is 23.6 Å². The molecule has 24 nitrogen and oxygen atoms in total. The Morgan fingerprint density at radius 1 is 0.931 bits per heavy atom. The molecule has 376 valence electrons. The lowest BCUT2D eigenvalue weighted by molar-refractivity contribution is -0.271. The highest BCUT2D eigenvalue weighted by Crippen LogP contribution is 2.51. The molecule has 7 heterocycles. The van der Waals surface area contributed by atoms with Crippen LogP contribution < -0.4 is 25.1 Å². The minimum atomic E-state index is -2.14. The van der Waals surface area contributed by atoms with Crippen LogP contribution in [0.3, 0.4) is 0 Å². The van der Waals surface area contributed by atoms with Gasteiger partial charge in [0.2, 0.25) is 30.5 Å². The number of carbonyl (C=O) groups is 7. The lowest BCUT2D eigenvalue weighted by Crippen LogP contribution is -2.61. The van der Waals surface area contributed by atoms with Crippen LogP contribution in [-0.2, 0) is 73.1 Å². The van der Waals surface area contributed by atoms with Gasteiger partial charge in [0.05, 0.1) is 41.2 Å². The number of aliphatic carboxylic acids is 1. The summed E-state index contributed by atoms with van der Waals surface area (Å²) < 4.78 is 40.7. The van der Waals surface area contributed by atoms with E-state index in [1.165, 1.54) is 25.2 Å². The highest BCUT2D eigenvalue weighted by Gasteiger charge is 2.52. The van der Waals surface area contributed by atoms with Crippen molar-refractivity contribution < 1.29 is 87.1 Å². The van der Waals surface area contributed by atoms with E-state index < -0.39 is 96.7 Å². The number of nitrogens with one attached hydrogen (secondary N) is 1. The fourth-order valence-electron chi connectivity index (χ4n) is 9.49. The van der Waals surface area contributed by atoms with Crippen molar-refractivity contribution in [2.75, 3.05) is 32.2 Å². The first-order valence-corrected chi connectivity index (χ1v) is 22.8. The van der Waals surface area contributed by atoms with Crippen LogP contribution in [0, 0.1) is 0 Å². The van der Waals surface area contributed by atoms with Crippen LogP contribution >= 0.6 is 0 Å². The fourth-order valence-corrected chi connectivity index (χ4v) is 9.49. The van der Waals surface area contributed by atoms with Crippen LogP contribution in [-0.4, -0.2) is 139 Å². The number of aliphatic hydroxyl groups is 3. The molecule has 0 spiro atoms. The number of nitrogens with zero attached hydrogens (tertiary/aromatic N) is 4. The fraction of sp³-hybridized carbons (Fsp3) is 0.396. The van der Waals surface area contributed by atoms with E-state index in [4.69, 9.17) is 38.1 Å². The van der Waals surface area contributed by atoms with Crippen molar-refractivity contribution in [1.82, 2.24) is 19.4 Å².